The summed E-state index contributed by atoms with van der Waals surface area (Å²) in [6.45, 7) is 8.08. The van der Waals surface area contributed by atoms with Crippen molar-refractivity contribution in [1.29, 1.82) is 5.41 Å². The lowest BCUT2D eigenvalue weighted by molar-refractivity contribution is 0.00578. The summed E-state index contributed by atoms with van der Waals surface area (Å²) < 4.78 is 12.0. The second kappa shape index (κ2) is 5.62. The SMILES string of the molecule is CN/C=C\C(=N)c1cc(B2OC(C)(C)C(C)(C)O2)ccn1. The highest BCUT2D eigenvalue weighted by Gasteiger charge is 2.51. The predicted molar refractivity (Wildman–Crippen MR) is 85.0 cm³/mol. The molecule has 0 atom stereocenters. The fraction of sp³-hybridized carbons (Fsp3) is 0.467. The van der Waals surface area contributed by atoms with Crippen molar-refractivity contribution in [3.8, 4) is 0 Å². The molecule has 1 aliphatic heterocycles. The van der Waals surface area contributed by atoms with Crippen LogP contribution in [0.4, 0.5) is 0 Å². The molecule has 2 N–H and O–H groups in total. The van der Waals surface area contributed by atoms with Crippen molar-refractivity contribution in [2.45, 2.75) is 38.9 Å². The quantitative estimate of drug-likeness (QED) is 0.650. The zero-order chi connectivity index (χ0) is 15.7. The van der Waals surface area contributed by atoms with E-state index >= 15 is 0 Å². The molecule has 0 spiro atoms. The van der Waals surface area contributed by atoms with E-state index in [1.807, 2.05) is 39.8 Å². The minimum Gasteiger partial charge on any atom is -0.399 e. The van der Waals surface area contributed by atoms with Gasteiger partial charge in [0.1, 0.15) is 0 Å². The van der Waals surface area contributed by atoms with Gasteiger partial charge in [0.25, 0.3) is 0 Å². The van der Waals surface area contributed by atoms with Gasteiger partial charge in [0.2, 0.25) is 0 Å². The molecular weight excluding hydrogens is 265 g/mol. The highest BCUT2D eigenvalue weighted by atomic mass is 16.7. The molecule has 5 nitrogen and oxygen atoms in total. The molecule has 1 fully saturated rings. The third-order valence-electron chi connectivity index (χ3n) is 4.00. The van der Waals surface area contributed by atoms with Gasteiger partial charge in [-0.05, 0) is 57.6 Å². The average molecular weight is 287 g/mol. The molecule has 6 heteroatoms. The van der Waals surface area contributed by atoms with Crippen LogP contribution in [0.2, 0.25) is 0 Å². The Morgan fingerprint density at radius 3 is 2.48 bits per heavy atom. The van der Waals surface area contributed by atoms with Crippen molar-refractivity contribution in [2.24, 2.45) is 0 Å². The first kappa shape index (κ1) is 15.7. The van der Waals surface area contributed by atoms with Crippen LogP contribution < -0.4 is 10.8 Å². The van der Waals surface area contributed by atoms with E-state index in [1.165, 1.54) is 0 Å². The molecule has 1 aromatic heterocycles. The van der Waals surface area contributed by atoms with Crippen LogP contribution in [0.3, 0.4) is 0 Å². The lowest BCUT2D eigenvalue weighted by Crippen LogP contribution is -2.41. The first-order valence-electron chi connectivity index (χ1n) is 7.01. The van der Waals surface area contributed by atoms with Crippen molar-refractivity contribution < 1.29 is 9.31 Å². The van der Waals surface area contributed by atoms with E-state index in [-0.39, 0.29) is 11.2 Å². The van der Waals surface area contributed by atoms with Gasteiger partial charge in [0, 0.05) is 13.2 Å². The molecule has 0 saturated carbocycles. The van der Waals surface area contributed by atoms with Gasteiger partial charge in [-0.3, -0.25) is 10.4 Å². The van der Waals surface area contributed by atoms with E-state index in [4.69, 9.17) is 14.7 Å². The smallest absolute Gasteiger partial charge is 0.399 e. The van der Waals surface area contributed by atoms with Gasteiger partial charge in [0.15, 0.2) is 0 Å². The summed E-state index contributed by atoms with van der Waals surface area (Å²) in [6.07, 6.45) is 5.04. The molecule has 0 aromatic carbocycles. The monoisotopic (exact) mass is 287 g/mol. The van der Waals surface area contributed by atoms with Gasteiger partial charge in [0.05, 0.1) is 22.6 Å². The summed E-state index contributed by atoms with van der Waals surface area (Å²) >= 11 is 0. The van der Waals surface area contributed by atoms with Crippen LogP contribution in [0.25, 0.3) is 0 Å². The Bertz CT molecular complexity index is 554. The average Bonchev–Trinajstić information content (AvgIpc) is 2.65. The first-order chi connectivity index (χ1) is 9.77. The van der Waals surface area contributed by atoms with Gasteiger partial charge in [-0.15, -0.1) is 0 Å². The molecule has 1 aliphatic rings. The number of pyridine rings is 1. The number of hydrogen-bond acceptors (Lipinski definition) is 5. The Balaban J connectivity index is 2.23. The second-order valence-corrected chi connectivity index (χ2v) is 6.10. The molecular formula is C15H22BN3O2. The lowest BCUT2D eigenvalue weighted by atomic mass is 9.79. The molecule has 0 bridgehead atoms. The summed E-state index contributed by atoms with van der Waals surface area (Å²) in [5.41, 5.74) is 1.05. The highest BCUT2D eigenvalue weighted by Crippen LogP contribution is 2.36. The standard InChI is InChI=1S/C15H22BN3O2/c1-14(2)15(3,4)21-16(20-14)11-6-9-19-13(10-11)12(17)7-8-18-5/h6-10,17-18H,1-5H3/b8-7-,17-12?. The topological polar surface area (TPSA) is 67.2 Å². The molecule has 1 saturated heterocycles. The summed E-state index contributed by atoms with van der Waals surface area (Å²) in [5.74, 6) is 0. The Labute approximate surface area is 126 Å². The largest absolute Gasteiger partial charge is 0.494 e. The summed E-state index contributed by atoms with van der Waals surface area (Å²) in [4.78, 5) is 4.22. The maximum absolute atomic E-state index is 7.99. The zero-order valence-corrected chi connectivity index (χ0v) is 13.2. The van der Waals surface area contributed by atoms with Gasteiger partial charge in [-0.1, -0.05) is 0 Å². The summed E-state index contributed by atoms with van der Waals surface area (Å²) in [6, 6.07) is 3.70. The van der Waals surface area contributed by atoms with Crippen LogP contribution in [-0.2, 0) is 9.31 Å². The number of rotatable bonds is 4. The van der Waals surface area contributed by atoms with Crippen LogP contribution in [0, 0.1) is 5.41 Å². The van der Waals surface area contributed by atoms with E-state index in [1.54, 1.807) is 25.5 Å². The van der Waals surface area contributed by atoms with Crippen LogP contribution >= 0.6 is 0 Å². The fourth-order valence-electron chi connectivity index (χ4n) is 1.97. The molecule has 2 heterocycles. The lowest BCUT2D eigenvalue weighted by Gasteiger charge is -2.32. The second-order valence-electron chi connectivity index (χ2n) is 6.10. The van der Waals surface area contributed by atoms with Crippen LogP contribution in [0.1, 0.15) is 33.4 Å². The molecule has 112 valence electrons. The third-order valence-corrected chi connectivity index (χ3v) is 4.00. The van der Waals surface area contributed by atoms with E-state index in [9.17, 15) is 0 Å². The summed E-state index contributed by atoms with van der Waals surface area (Å²) in [7, 11) is 1.36. The highest BCUT2D eigenvalue weighted by molar-refractivity contribution is 6.62. The van der Waals surface area contributed by atoms with Gasteiger partial charge >= 0.3 is 7.12 Å². The van der Waals surface area contributed by atoms with Gasteiger partial charge in [-0.25, -0.2) is 0 Å². The van der Waals surface area contributed by atoms with Crippen molar-refractivity contribution in [2.75, 3.05) is 7.05 Å². The van der Waals surface area contributed by atoms with Gasteiger partial charge in [-0.2, -0.15) is 0 Å². The number of aromatic nitrogens is 1. The molecule has 0 radical (unpaired) electrons. The normalized spacial score (nSPS) is 20.0. The minimum absolute atomic E-state index is 0.336. The Hall–Kier alpha value is -1.66. The number of hydrogen-bond donors (Lipinski definition) is 2. The van der Waals surface area contributed by atoms with Crippen molar-refractivity contribution >= 4 is 18.3 Å². The van der Waals surface area contributed by atoms with Crippen LogP contribution in [-0.4, -0.2) is 36.1 Å². The Morgan fingerprint density at radius 2 is 1.90 bits per heavy atom. The fourth-order valence-corrected chi connectivity index (χ4v) is 1.97. The van der Waals surface area contributed by atoms with Crippen LogP contribution in [0.5, 0.6) is 0 Å². The maximum Gasteiger partial charge on any atom is 0.494 e. The summed E-state index contributed by atoms with van der Waals surface area (Å²) in [5, 5.41) is 10.8. The molecule has 1 aromatic rings. The molecule has 0 amide bonds. The zero-order valence-electron chi connectivity index (χ0n) is 13.2. The van der Waals surface area contributed by atoms with Crippen molar-refractivity contribution in [1.82, 2.24) is 10.3 Å². The number of nitrogens with zero attached hydrogens (tertiary/aromatic N) is 1. The maximum atomic E-state index is 7.99. The molecule has 2 rings (SSSR count). The van der Waals surface area contributed by atoms with E-state index in [0.29, 0.717) is 11.4 Å². The van der Waals surface area contributed by atoms with E-state index in [0.717, 1.165) is 5.46 Å². The number of nitrogens with one attached hydrogen (secondary N) is 2. The number of allylic oxidation sites excluding steroid dienone is 1. The molecule has 21 heavy (non-hydrogen) atoms. The van der Waals surface area contributed by atoms with Gasteiger partial charge < -0.3 is 14.6 Å². The Kier molecular flexibility index (Phi) is 4.21. The molecule has 0 unspecified atom stereocenters. The van der Waals surface area contributed by atoms with E-state index in [2.05, 4.69) is 10.3 Å². The van der Waals surface area contributed by atoms with E-state index < -0.39 is 7.12 Å². The third kappa shape index (κ3) is 3.17. The van der Waals surface area contributed by atoms with Crippen molar-refractivity contribution in [3.05, 3.63) is 36.3 Å². The van der Waals surface area contributed by atoms with Crippen LogP contribution in [0.15, 0.2) is 30.6 Å². The van der Waals surface area contributed by atoms with Crippen molar-refractivity contribution in [3.63, 3.8) is 0 Å². The Morgan fingerprint density at radius 1 is 1.29 bits per heavy atom. The first-order valence-corrected chi connectivity index (χ1v) is 7.01. The predicted octanol–water partition coefficient (Wildman–Crippen LogP) is 1.48. The minimum atomic E-state index is -0.433. The molecule has 0 aliphatic carbocycles.